The van der Waals surface area contributed by atoms with Crippen LogP contribution < -0.4 is 14.9 Å². The third-order valence-electron chi connectivity index (χ3n) is 3.28. The van der Waals surface area contributed by atoms with Crippen LogP contribution >= 0.6 is 11.6 Å². The molecule has 3 rings (SSSR count). The van der Waals surface area contributed by atoms with Crippen molar-refractivity contribution in [2.45, 2.75) is 13.8 Å². The number of ether oxygens (including phenoxy) is 2. The van der Waals surface area contributed by atoms with Gasteiger partial charge in [-0.2, -0.15) is 0 Å². The number of hydrogen-bond acceptors (Lipinski definition) is 5. The van der Waals surface area contributed by atoms with E-state index in [9.17, 15) is 9.59 Å². The molecule has 0 fully saturated rings. The maximum absolute atomic E-state index is 12.6. The topological polar surface area (TPSA) is 65.7 Å². The van der Waals surface area contributed by atoms with E-state index in [1.807, 2.05) is 0 Å². The number of carbonyl (C=O) groups is 1. The zero-order chi connectivity index (χ0) is 17.3. The summed E-state index contributed by atoms with van der Waals surface area (Å²) in [6.45, 7) is 2.93. The predicted molar refractivity (Wildman–Crippen MR) is 90.1 cm³/mol. The Balaban J connectivity index is 2.05. The number of fused-ring (bicyclic) bond motifs is 1. The van der Waals surface area contributed by atoms with Crippen LogP contribution in [-0.2, 0) is 4.79 Å². The van der Waals surface area contributed by atoms with Crippen LogP contribution in [0.3, 0.4) is 0 Å². The van der Waals surface area contributed by atoms with Gasteiger partial charge < -0.3 is 13.9 Å². The highest BCUT2D eigenvalue weighted by atomic mass is 35.5. The summed E-state index contributed by atoms with van der Waals surface area (Å²) in [5.74, 6) is 0.762. The van der Waals surface area contributed by atoms with Gasteiger partial charge in [-0.05, 0) is 43.3 Å². The molecular formula is C18H13ClO5. The van der Waals surface area contributed by atoms with Gasteiger partial charge in [-0.25, -0.2) is 0 Å². The Hall–Kier alpha value is -2.79. The Morgan fingerprint density at radius 3 is 2.42 bits per heavy atom. The first kappa shape index (κ1) is 16.1. The molecule has 0 aliphatic carbocycles. The summed E-state index contributed by atoms with van der Waals surface area (Å²) in [5, 5.41) is 0.906. The fourth-order valence-corrected chi connectivity index (χ4v) is 2.36. The molecule has 0 saturated carbocycles. The van der Waals surface area contributed by atoms with Crippen LogP contribution in [0.4, 0.5) is 0 Å². The molecule has 5 nitrogen and oxygen atoms in total. The van der Waals surface area contributed by atoms with E-state index < -0.39 is 5.97 Å². The van der Waals surface area contributed by atoms with Crippen molar-refractivity contribution < 1.29 is 18.7 Å². The van der Waals surface area contributed by atoms with Gasteiger partial charge in [-0.15, -0.1) is 0 Å². The summed E-state index contributed by atoms with van der Waals surface area (Å²) in [6.07, 6.45) is 0. The molecule has 24 heavy (non-hydrogen) atoms. The average Bonchev–Trinajstić information content (AvgIpc) is 2.52. The second kappa shape index (κ2) is 6.37. The Kier molecular flexibility index (Phi) is 4.27. The lowest BCUT2D eigenvalue weighted by Crippen LogP contribution is -2.08. The smallest absolute Gasteiger partial charge is 0.308 e. The second-order valence-corrected chi connectivity index (χ2v) is 5.56. The van der Waals surface area contributed by atoms with Crippen LogP contribution in [0.25, 0.3) is 11.0 Å². The summed E-state index contributed by atoms with van der Waals surface area (Å²) in [4.78, 5) is 23.7. The van der Waals surface area contributed by atoms with Gasteiger partial charge in [-0.3, -0.25) is 9.59 Å². The minimum atomic E-state index is -0.448. The van der Waals surface area contributed by atoms with Crippen molar-refractivity contribution in [3.63, 3.8) is 0 Å². The first-order chi connectivity index (χ1) is 11.4. The van der Waals surface area contributed by atoms with Crippen LogP contribution in [0.5, 0.6) is 17.2 Å². The molecule has 6 heteroatoms. The number of carbonyl (C=O) groups excluding carboxylic acids is 1. The number of halogens is 1. The second-order valence-electron chi connectivity index (χ2n) is 5.12. The number of aryl methyl sites for hydroxylation is 1. The number of benzene rings is 2. The quantitative estimate of drug-likeness (QED) is 0.518. The molecule has 0 amide bonds. The molecular weight excluding hydrogens is 332 g/mol. The van der Waals surface area contributed by atoms with Gasteiger partial charge in [0.1, 0.15) is 22.8 Å². The molecule has 1 heterocycles. The molecule has 0 radical (unpaired) electrons. The van der Waals surface area contributed by atoms with E-state index in [0.29, 0.717) is 33.3 Å². The fraction of sp³-hybridized carbons (Fsp3) is 0.111. The van der Waals surface area contributed by atoms with Crippen LogP contribution in [0.15, 0.2) is 51.7 Å². The van der Waals surface area contributed by atoms with Crippen LogP contribution in [0.2, 0.25) is 5.02 Å². The molecule has 0 spiro atoms. The van der Waals surface area contributed by atoms with Crippen molar-refractivity contribution in [2.75, 3.05) is 0 Å². The summed E-state index contributed by atoms with van der Waals surface area (Å²) < 4.78 is 16.3. The Morgan fingerprint density at radius 2 is 1.75 bits per heavy atom. The van der Waals surface area contributed by atoms with Crippen LogP contribution in [0.1, 0.15) is 12.7 Å². The highest BCUT2D eigenvalue weighted by Gasteiger charge is 2.15. The van der Waals surface area contributed by atoms with E-state index in [0.717, 1.165) is 0 Å². The Bertz CT molecular complexity index is 973. The van der Waals surface area contributed by atoms with Crippen LogP contribution in [0, 0.1) is 6.92 Å². The minimum Gasteiger partial charge on any atom is -0.457 e. The van der Waals surface area contributed by atoms with Gasteiger partial charge in [0, 0.05) is 18.0 Å². The average molecular weight is 345 g/mol. The molecule has 0 aliphatic rings. The highest BCUT2D eigenvalue weighted by molar-refractivity contribution is 6.30. The van der Waals surface area contributed by atoms with Gasteiger partial charge in [0.15, 0.2) is 0 Å². The molecule has 0 N–H and O–H groups in total. The van der Waals surface area contributed by atoms with Gasteiger partial charge >= 0.3 is 5.97 Å². The van der Waals surface area contributed by atoms with E-state index in [2.05, 4.69) is 0 Å². The summed E-state index contributed by atoms with van der Waals surface area (Å²) >= 11 is 5.83. The first-order valence-corrected chi connectivity index (χ1v) is 7.51. The normalized spacial score (nSPS) is 10.6. The first-order valence-electron chi connectivity index (χ1n) is 7.13. The van der Waals surface area contributed by atoms with Crippen molar-refractivity contribution in [3.05, 3.63) is 63.5 Å². The van der Waals surface area contributed by atoms with Crippen molar-refractivity contribution in [1.82, 2.24) is 0 Å². The molecule has 0 bridgehead atoms. The van der Waals surface area contributed by atoms with E-state index in [4.69, 9.17) is 25.5 Å². The SMILES string of the molecule is CC(=O)Oc1ccc2c(=O)c(Oc3ccc(Cl)cc3)c(C)oc2c1. The van der Waals surface area contributed by atoms with Crippen molar-refractivity contribution in [2.24, 2.45) is 0 Å². The molecule has 0 saturated heterocycles. The zero-order valence-corrected chi connectivity index (χ0v) is 13.7. The largest absolute Gasteiger partial charge is 0.457 e. The van der Waals surface area contributed by atoms with E-state index >= 15 is 0 Å². The minimum absolute atomic E-state index is 0.102. The molecule has 0 aliphatic heterocycles. The lowest BCUT2D eigenvalue weighted by Gasteiger charge is -2.09. The maximum Gasteiger partial charge on any atom is 0.308 e. The third-order valence-corrected chi connectivity index (χ3v) is 3.53. The summed E-state index contributed by atoms with van der Waals surface area (Å²) in [6, 6.07) is 11.2. The molecule has 2 aromatic carbocycles. The van der Waals surface area contributed by atoms with Crippen molar-refractivity contribution in [1.29, 1.82) is 0 Å². The Labute approximate surface area is 142 Å². The van der Waals surface area contributed by atoms with Crippen molar-refractivity contribution in [3.8, 4) is 17.2 Å². The summed E-state index contributed by atoms with van der Waals surface area (Å²) in [7, 11) is 0. The lowest BCUT2D eigenvalue weighted by atomic mass is 10.2. The molecule has 1 aromatic heterocycles. The zero-order valence-electron chi connectivity index (χ0n) is 13.0. The van der Waals surface area contributed by atoms with Gasteiger partial charge in [0.25, 0.3) is 0 Å². The van der Waals surface area contributed by atoms with E-state index in [1.165, 1.54) is 25.1 Å². The van der Waals surface area contributed by atoms with Gasteiger partial charge in [-0.1, -0.05) is 11.6 Å². The fourth-order valence-electron chi connectivity index (χ4n) is 2.24. The number of rotatable bonds is 3. The monoisotopic (exact) mass is 344 g/mol. The van der Waals surface area contributed by atoms with Crippen molar-refractivity contribution >= 4 is 28.5 Å². The highest BCUT2D eigenvalue weighted by Crippen LogP contribution is 2.28. The number of hydrogen-bond donors (Lipinski definition) is 0. The Morgan fingerprint density at radius 1 is 1.08 bits per heavy atom. The number of esters is 1. The van der Waals surface area contributed by atoms with Crippen LogP contribution in [-0.4, -0.2) is 5.97 Å². The molecule has 3 aromatic rings. The third kappa shape index (κ3) is 3.26. The molecule has 0 atom stereocenters. The molecule has 0 unspecified atom stereocenters. The predicted octanol–water partition coefficient (Wildman–Crippen LogP) is 4.47. The van der Waals surface area contributed by atoms with Gasteiger partial charge in [0.05, 0.1) is 5.39 Å². The standard InChI is InChI=1S/C18H13ClO5/c1-10-18(24-13-5-3-12(19)4-6-13)17(21)15-8-7-14(23-11(2)20)9-16(15)22-10/h3-9H,1-2H3. The van der Waals surface area contributed by atoms with E-state index in [-0.39, 0.29) is 11.2 Å². The van der Waals surface area contributed by atoms with Gasteiger partial charge in [0.2, 0.25) is 11.2 Å². The molecule has 122 valence electrons. The summed E-state index contributed by atoms with van der Waals surface area (Å²) in [5.41, 5.74) is 0.0118. The lowest BCUT2D eigenvalue weighted by molar-refractivity contribution is -0.131. The maximum atomic E-state index is 12.6. The van der Waals surface area contributed by atoms with E-state index in [1.54, 1.807) is 31.2 Å².